The third-order valence-corrected chi connectivity index (χ3v) is 1.19. The molecule has 0 aliphatic carbocycles. The van der Waals surface area contributed by atoms with Crippen LogP contribution in [0.15, 0.2) is 0 Å². The zero-order valence-corrected chi connectivity index (χ0v) is 7.89. The van der Waals surface area contributed by atoms with Crippen molar-refractivity contribution in [2.75, 3.05) is 0 Å². The average molecular weight is 204 g/mol. The van der Waals surface area contributed by atoms with Gasteiger partial charge in [0.15, 0.2) is 0 Å². The zero-order valence-electron chi connectivity index (χ0n) is 5.62. The molecule has 60 valence electrons. The number of halogens is 3. The van der Waals surface area contributed by atoms with E-state index in [0.717, 1.165) is 0 Å². The van der Waals surface area contributed by atoms with E-state index < -0.39 is 9.70 Å². The predicted molar refractivity (Wildman–Crippen MR) is 43.6 cm³/mol. The van der Waals surface area contributed by atoms with Gasteiger partial charge in [-0.15, -0.1) is 0 Å². The normalized spacial score (nSPS) is 11.8. The van der Waals surface area contributed by atoms with E-state index >= 15 is 0 Å². The summed E-state index contributed by atoms with van der Waals surface area (Å²) >= 11 is 15.7. The molecule has 2 nitrogen and oxygen atoms in total. The van der Waals surface area contributed by atoms with Gasteiger partial charge in [0.25, 0.3) is 9.70 Å². The molecule has 0 saturated carbocycles. The molecule has 0 aromatic rings. The van der Waals surface area contributed by atoms with Crippen molar-refractivity contribution in [3.8, 4) is 0 Å². The number of amides is 1. The summed E-state index contributed by atoms with van der Waals surface area (Å²) in [5.74, 6) is -0.590. The van der Waals surface area contributed by atoms with Gasteiger partial charge in [-0.2, -0.15) is 0 Å². The fourth-order valence-electron chi connectivity index (χ4n) is 0.344. The molecule has 5 heteroatoms. The Hall–Kier alpha value is 0.340. The third-order valence-electron chi connectivity index (χ3n) is 0.677. The fourth-order valence-corrected chi connectivity index (χ4v) is 0.508. The summed E-state index contributed by atoms with van der Waals surface area (Å²) in [7, 11) is 0. The topological polar surface area (TPSA) is 29.1 Å². The second kappa shape index (κ2) is 3.65. The van der Waals surface area contributed by atoms with E-state index in [2.05, 4.69) is 5.32 Å². The molecular formula is C5H8Cl3NO. The Morgan fingerprint density at radius 3 is 1.90 bits per heavy atom. The third kappa shape index (κ3) is 4.20. The maximum atomic E-state index is 10.8. The largest absolute Gasteiger partial charge is 0.350 e. The molecule has 0 fully saturated rings. The van der Waals surface area contributed by atoms with Crippen LogP contribution in [-0.4, -0.2) is 15.7 Å². The van der Waals surface area contributed by atoms with Crippen LogP contribution >= 0.6 is 34.8 Å². The van der Waals surface area contributed by atoms with Gasteiger partial charge < -0.3 is 5.32 Å². The van der Waals surface area contributed by atoms with Gasteiger partial charge >= 0.3 is 0 Å². The van der Waals surface area contributed by atoms with E-state index in [1.807, 2.05) is 0 Å². The van der Waals surface area contributed by atoms with E-state index in [-0.39, 0.29) is 6.04 Å². The van der Waals surface area contributed by atoms with Crippen LogP contribution in [0.2, 0.25) is 0 Å². The number of nitrogens with one attached hydrogen (secondary N) is 1. The van der Waals surface area contributed by atoms with E-state index in [4.69, 9.17) is 34.8 Å². The van der Waals surface area contributed by atoms with Gasteiger partial charge in [-0.1, -0.05) is 34.8 Å². The van der Waals surface area contributed by atoms with Crippen molar-refractivity contribution in [1.82, 2.24) is 5.32 Å². The Labute approximate surface area is 74.8 Å². The van der Waals surface area contributed by atoms with Gasteiger partial charge in [0, 0.05) is 6.04 Å². The molecule has 0 spiro atoms. The first kappa shape index (κ1) is 10.3. The Morgan fingerprint density at radius 2 is 1.80 bits per heavy atom. The van der Waals surface area contributed by atoms with Crippen LogP contribution in [0.25, 0.3) is 0 Å². The van der Waals surface area contributed by atoms with Crippen molar-refractivity contribution in [2.24, 2.45) is 0 Å². The van der Waals surface area contributed by atoms with E-state index in [9.17, 15) is 4.79 Å². The highest BCUT2D eigenvalue weighted by atomic mass is 35.6. The number of rotatable bonds is 1. The molecule has 0 unspecified atom stereocenters. The van der Waals surface area contributed by atoms with E-state index in [0.29, 0.717) is 0 Å². The summed E-state index contributed by atoms with van der Waals surface area (Å²) in [6, 6.07) is -0.0110. The molecule has 0 aliphatic heterocycles. The molecule has 0 aromatic heterocycles. The number of carbonyl (C=O) groups is 1. The van der Waals surface area contributed by atoms with Gasteiger partial charge in [0.2, 0.25) is 0 Å². The summed E-state index contributed by atoms with van der Waals surface area (Å²) < 4.78 is -1.84. The summed E-state index contributed by atoms with van der Waals surface area (Å²) in [5, 5.41) is 2.45. The number of alkyl halides is 3. The lowest BCUT2D eigenvalue weighted by molar-refractivity contribution is -0.120. The zero-order chi connectivity index (χ0) is 8.36. The minimum atomic E-state index is -1.84. The van der Waals surface area contributed by atoms with E-state index in [1.165, 1.54) is 0 Å². The summed E-state index contributed by atoms with van der Waals surface area (Å²) in [6.45, 7) is 3.57. The molecule has 0 rings (SSSR count). The Bertz CT molecular complexity index is 129. The molecule has 0 atom stereocenters. The quantitative estimate of drug-likeness (QED) is 0.649. The fraction of sp³-hybridized carbons (Fsp3) is 0.800. The molecular weight excluding hydrogens is 196 g/mol. The van der Waals surface area contributed by atoms with Crippen LogP contribution in [-0.2, 0) is 4.79 Å². The Kier molecular flexibility index (Phi) is 3.77. The van der Waals surface area contributed by atoms with Gasteiger partial charge in [-0.25, -0.2) is 0 Å². The standard InChI is InChI=1S/C5H8Cl3NO/c1-3(2)9-4(10)5(6,7)8/h3H,1-2H3,(H,9,10). The lowest BCUT2D eigenvalue weighted by Gasteiger charge is -2.13. The Balaban J connectivity index is 3.87. The molecule has 0 aromatic carbocycles. The van der Waals surface area contributed by atoms with Crippen molar-refractivity contribution in [3.63, 3.8) is 0 Å². The van der Waals surface area contributed by atoms with Gasteiger partial charge in [0.1, 0.15) is 0 Å². The van der Waals surface area contributed by atoms with Crippen molar-refractivity contribution < 1.29 is 4.79 Å². The first-order chi connectivity index (χ1) is 4.34. The first-order valence-electron chi connectivity index (χ1n) is 2.71. The van der Waals surface area contributed by atoms with Crippen LogP contribution in [0, 0.1) is 0 Å². The van der Waals surface area contributed by atoms with Crippen LogP contribution in [0.5, 0.6) is 0 Å². The smallest absolute Gasteiger partial charge is 0.272 e. The Morgan fingerprint density at radius 1 is 1.40 bits per heavy atom. The highest BCUT2D eigenvalue weighted by Crippen LogP contribution is 2.25. The summed E-state index contributed by atoms with van der Waals surface area (Å²) in [4.78, 5) is 10.8. The monoisotopic (exact) mass is 203 g/mol. The summed E-state index contributed by atoms with van der Waals surface area (Å²) in [6.07, 6.45) is 0. The number of hydrogen-bond donors (Lipinski definition) is 1. The van der Waals surface area contributed by atoms with Gasteiger partial charge in [-0.3, -0.25) is 4.79 Å². The maximum Gasteiger partial charge on any atom is 0.272 e. The molecule has 0 bridgehead atoms. The van der Waals surface area contributed by atoms with Crippen molar-refractivity contribution in [1.29, 1.82) is 0 Å². The van der Waals surface area contributed by atoms with Crippen LogP contribution < -0.4 is 5.32 Å². The first-order valence-corrected chi connectivity index (χ1v) is 3.85. The van der Waals surface area contributed by atoms with E-state index in [1.54, 1.807) is 13.8 Å². The highest BCUT2D eigenvalue weighted by molar-refractivity contribution is 6.76. The highest BCUT2D eigenvalue weighted by Gasteiger charge is 2.30. The van der Waals surface area contributed by atoms with Gasteiger partial charge in [-0.05, 0) is 13.8 Å². The lowest BCUT2D eigenvalue weighted by atomic mass is 10.4. The lowest BCUT2D eigenvalue weighted by Crippen LogP contribution is -2.38. The molecule has 10 heavy (non-hydrogen) atoms. The van der Waals surface area contributed by atoms with Crippen LogP contribution in [0.1, 0.15) is 13.8 Å². The number of carbonyl (C=O) groups excluding carboxylic acids is 1. The number of hydrogen-bond acceptors (Lipinski definition) is 1. The predicted octanol–water partition coefficient (Wildman–Crippen LogP) is 1.88. The van der Waals surface area contributed by atoms with Crippen molar-refractivity contribution in [3.05, 3.63) is 0 Å². The molecule has 0 radical (unpaired) electrons. The van der Waals surface area contributed by atoms with Crippen LogP contribution in [0.3, 0.4) is 0 Å². The molecule has 0 saturated heterocycles. The summed E-state index contributed by atoms with van der Waals surface area (Å²) in [5.41, 5.74) is 0. The van der Waals surface area contributed by atoms with Gasteiger partial charge in [0.05, 0.1) is 0 Å². The molecule has 0 aliphatic rings. The molecule has 1 amide bonds. The SMILES string of the molecule is CC(C)NC(=O)C(Cl)(Cl)Cl. The minimum absolute atomic E-state index is 0.0110. The van der Waals surface area contributed by atoms with Crippen molar-refractivity contribution in [2.45, 2.75) is 23.7 Å². The molecule has 0 heterocycles. The second-order valence-electron chi connectivity index (χ2n) is 2.13. The second-order valence-corrected chi connectivity index (χ2v) is 4.41. The minimum Gasteiger partial charge on any atom is -0.350 e. The van der Waals surface area contributed by atoms with Crippen LogP contribution in [0.4, 0.5) is 0 Å². The van der Waals surface area contributed by atoms with Crippen molar-refractivity contribution >= 4 is 40.7 Å². The maximum absolute atomic E-state index is 10.8. The average Bonchev–Trinajstić information content (AvgIpc) is 1.60. The molecule has 1 N–H and O–H groups in total.